The predicted molar refractivity (Wildman–Crippen MR) is 87.6 cm³/mol. The van der Waals surface area contributed by atoms with Crippen LogP contribution < -0.4 is 4.90 Å². The Morgan fingerprint density at radius 3 is 2.45 bits per heavy atom. The van der Waals surface area contributed by atoms with E-state index < -0.39 is 0 Å². The molecule has 0 fully saturated rings. The molecule has 0 spiro atoms. The lowest BCUT2D eigenvalue weighted by atomic mass is 10.1. The molecule has 0 saturated carbocycles. The molecule has 22 heavy (non-hydrogen) atoms. The number of carbonyl (C=O) groups excluding carboxylic acids is 1. The van der Waals surface area contributed by atoms with Crippen LogP contribution in [0.25, 0.3) is 0 Å². The Bertz CT molecular complexity index is 655. The molecule has 2 aromatic carbocycles. The van der Waals surface area contributed by atoms with Gasteiger partial charge in [-0.1, -0.05) is 18.2 Å². The van der Waals surface area contributed by atoms with E-state index in [1.54, 1.807) is 11.0 Å². The predicted octanol–water partition coefficient (Wildman–Crippen LogP) is 3.55. The number of benzene rings is 2. The Hall–Kier alpha value is -2.36. The summed E-state index contributed by atoms with van der Waals surface area (Å²) in [6.07, 6.45) is 0. The average Bonchev–Trinajstić information content (AvgIpc) is 2.52. The maximum absolute atomic E-state index is 13.3. The van der Waals surface area contributed by atoms with Crippen molar-refractivity contribution in [3.05, 3.63) is 65.5 Å². The highest BCUT2D eigenvalue weighted by Gasteiger charge is 2.15. The van der Waals surface area contributed by atoms with E-state index in [4.69, 9.17) is 0 Å². The van der Waals surface area contributed by atoms with Crippen LogP contribution in [0.5, 0.6) is 0 Å². The van der Waals surface area contributed by atoms with Gasteiger partial charge >= 0.3 is 0 Å². The van der Waals surface area contributed by atoms with Crippen molar-refractivity contribution >= 4 is 11.6 Å². The molecule has 4 heteroatoms. The van der Waals surface area contributed by atoms with Gasteiger partial charge in [0.05, 0.1) is 0 Å². The molecule has 0 unspecified atom stereocenters. The number of amides is 1. The molecule has 0 aromatic heterocycles. The Morgan fingerprint density at radius 1 is 1.09 bits per heavy atom. The van der Waals surface area contributed by atoms with Crippen molar-refractivity contribution in [3.8, 4) is 0 Å². The molecule has 3 nitrogen and oxygen atoms in total. The van der Waals surface area contributed by atoms with E-state index in [0.717, 1.165) is 11.3 Å². The number of carbonyl (C=O) groups is 1. The first-order valence-corrected chi connectivity index (χ1v) is 7.32. The van der Waals surface area contributed by atoms with Crippen molar-refractivity contribution in [2.24, 2.45) is 0 Å². The quantitative estimate of drug-likeness (QED) is 0.843. The smallest absolute Gasteiger partial charge is 0.254 e. The Labute approximate surface area is 131 Å². The fraction of sp³-hybridized carbons (Fsp3) is 0.278. The minimum absolute atomic E-state index is 0.0459. The lowest BCUT2D eigenvalue weighted by Crippen LogP contribution is -2.30. The summed E-state index contributed by atoms with van der Waals surface area (Å²) < 4.78 is 13.3. The summed E-state index contributed by atoms with van der Waals surface area (Å²) in [5.74, 6) is -0.328. The first-order chi connectivity index (χ1) is 10.5. The second-order valence-corrected chi connectivity index (χ2v) is 5.39. The molecule has 0 atom stereocenters. The van der Waals surface area contributed by atoms with Crippen LogP contribution in [0.1, 0.15) is 22.8 Å². The van der Waals surface area contributed by atoms with E-state index in [0.29, 0.717) is 18.7 Å². The number of hydrogen-bond acceptors (Lipinski definition) is 2. The molecule has 1 amide bonds. The average molecular weight is 300 g/mol. The van der Waals surface area contributed by atoms with Gasteiger partial charge in [-0.3, -0.25) is 4.79 Å². The zero-order valence-electron chi connectivity index (χ0n) is 13.2. The number of anilines is 1. The van der Waals surface area contributed by atoms with E-state index in [-0.39, 0.29) is 11.7 Å². The summed E-state index contributed by atoms with van der Waals surface area (Å²) in [7, 11) is 3.88. The molecule has 116 valence electrons. The first-order valence-electron chi connectivity index (χ1n) is 7.32. The second kappa shape index (κ2) is 7.07. The fourth-order valence-corrected chi connectivity index (χ4v) is 2.28. The van der Waals surface area contributed by atoms with Crippen LogP contribution in [-0.2, 0) is 6.54 Å². The summed E-state index contributed by atoms with van der Waals surface area (Å²) in [4.78, 5) is 16.3. The summed E-state index contributed by atoms with van der Waals surface area (Å²) in [5, 5.41) is 0. The molecule has 2 rings (SSSR count). The SMILES string of the molecule is CCN(Cc1cccc(F)c1)C(=O)c1cccc(N(C)C)c1. The molecular formula is C18H21FN2O. The lowest BCUT2D eigenvalue weighted by molar-refractivity contribution is 0.0752. The third-order valence-corrected chi connectivity index (χ3v) is 3.54. The highest BCUT2D eigenvalue weighted by Crippen LogP contribution is 2.16. The van der Waals surface area contributed by atoms with Crippen LogP contribution in [0.2, 0.25) is 0 Å². The molecular weight excluding hydrogens is 279 g/mol. The Kier molecular flexibility index (Phi) is 5.15. The minimum atomic E-state index is -0.282. The van der Waals surface area contributed by atoms with Crippen molar-refractivity contribution in [1.82, 2.24) is 4.90 Å². The Morgan fingerprint density at radius 2 is 1.82 bits per heavy atom. The topological polar surface area (TPSA) is 23.6 Å². The van der Waals surface area contributed by atoms with Crippen LogP contribution in [0, 0.1) is 5.82 Å². The molecule has 0 radical (unpaired) electrons. The van der Waals surface area contributed by atoms with Gasteiger partial charge in [0.1, 0.15) is 5.82 Å². The van der Waals surface area contributed by atoms with Crippen LogP contribution in [0.15, 0.2) is 48.5 Å². The van der Waals surface area contributed by atoms with E-state index in [1.165, 1.54) is 12.1 Å². The summed E-state index contributed by atoms with van der Waals surface area (Å²) in [5.41, 5.74) is 2.41. The van der Waals surface area contributed by atoms with Crippen LogP contribution >= 0.6 is 0 Å². The zero-order chi connectivity index (χ0) is 16.1. The van der Waals surface area contributed by atoms with Gasteiger partial charge in [0.15, 0.2) is 0 Å². The third kappa shape index (κ3) is 3.85. The minimum Gasteiger partial charge on any atom is -0.378 e. The largest absolute Gasteiger partial charge is 0.378 e. The van der Waals surface area contributed by atoms with Crippen molar-refractivity contribution < 1.29 is 9.18 Å². The van der Waals surface area contributed by atoms with Crippen molar-refractivity contribution in [2.75, 3.05) is 25.5 Å². The summed E-state index contributed by atoms with van der Waals surface area (Å²) in [6, 6.07) is 13.9. The molecule has 0 aliphatic heterocycles. The molecule has 0 aliphatic rings. The van der Waals surface area contributed by atoms with E-state index >= 15 is 0 Å². The van der Waals surface area contributed by atoms with E-state index in [9.17, 15) is 9.18 Å². The van der Waals surface area contributed by atoms with Crippen LogP contribution in [0.4, 0.5) is 10.1 Å². The van der Waals surface area contributed by atoms with Gasteiger partial charge in [0.2, 0.25) is 0 Å². The molecule has 0 aliphatic carbocycles. The van der Waals surface area contributed by atoms with Gasteiger partial charge in [-0.2, -0.15) is 0 Å². The zero-order valence-corrected chi connectivity index (χ0v) is 13.2. The van der Waals surface area contributed by atoms with Gasteiger partial charge in [-0.15, -0.1) is 0 Å². The highest BCUT2D eigenvalue weighted by molar-refractivity contribution is 5.95. The van der Waals surface area contributed by atoms with Crippen molar-refractivity contribution in [3.63, 3.8) is 0 Å². The van der Waals surface area contributed by atoms with Gasteiger partial charge in [0, 0.05) is 38.4 Å². The van der Waals surface area contributed by atoms with Gasteiger partial charge in [-0.25, -0.2) is 4.39 Å². The molecule has 2 aromatic rings. The first kappa shape index (κ1) is 16.0. The van der Waals surface area contributed by atoms with Crippen molar-refractivity contribution in [1.29, 1.82) is 0 Å². The molecule has 0 bridgehead atoms. The lowest BCUT2D eigenvalue weighted by Gasteiger charge is -2.22. The van der Waals surface area contributed by atoms with Crippen LogP contribution in [0.3, 0.4) is 0 Å². The van der Waals surface area contributed by atoms with Crippen LogP contribution in [-0.4, -0.2) is 31.4 Å². The maximum Gasteiger partial charge on any atom is 0.254 e. The second-order valence-electron chi connectivity index (χ2n) is 5.39. The maximum atomic E-state index is 13.3. The van der Waals surface area contributed by atoms with Gasteiger partial charge < -0.3 is 9.80 Å². The van der Waals surface area contributed by atoms with Gasteiger partial charge in [-0.05, 0) is 42.8 Å². The normalized spacial score (nSPS) is 10.4. The molecule has 0 saturated heterocycles. The van der Waals surface area contributed by atoms with Gasteiger partial charge in [0.25, 0.3) is 5.91 Å². The van der Waals surface area contributed by atoms with Crippen molar-refractivity contribution in [2.45, 2.75) is 13.5 Å². The number of rotatable bonds is 5. The standard InChI is InChI=1S/C18H21FN2O/c1-4-21(13-14-7-5-9-16(19)11-14)18(22)15-8-6-10-17(12-15)20(2)3/h5-12H,4,13H2,1-3H3. The fourth-order valence-electron chi connectivity index (χ4n) is 2.28. The van der Waals surface area contributed by atoms with E-state index in [2.05, 4.69) is 0 Å². The summed E-state index contributed by atoms with van der Waals surface area (Å²) >= 11 is 0. The Balaban J connectivity index is 2.20. The number of hydrogen-bond donors (Lipinski definition) is 0. The third-order valence-electron chi connectivity index (χ3n) is 3.54. The number of nitrogens with zero attached hydrogens (tertiary/aromatic N) is 2. The highest BCUT2D eigenvalue weighted by atomic mass is 19.1. The molecule has 0 N–H and O–H groups in total. The summed E-state index contributed by atoms with van der Waals surface area (Å²) in [6.45, 7) is 2.90. The number of halogens is 1. The van der Waals surface area contributed by atoms with E-state index in [1.807, 2.05) is 56.3 Å². The molecule has 0 heterocycles. The monoisotopic (exact) mass is 300 g/mol.